The molecule has 184 valence electrons. The van der Waals surface area contributed by atoms with Gasteiger partial charge in [-0.05, 0) is 50.3 Å². The van der Waals surface area contributed by atoms with Crippen LogP contribution >= 0.6 is 11.3 Å². The summed E-state index contributed by atoms with van der Waals surface area (Å²) in [4.78, 5) is 15.3. The van der Waals surface area contributed by atoms with Gasteiger partial charge in [-0.3, -0.25) is 4.79 Å². The normalized spacial score (nSPS) is 13.2. The summed E-state index contributed by atoms with van der Waals surface area (Å²) in [5, 5.41) is 1.87. The Hall–Kier alpha value is -1.77. The van der Waals surface area contributed by atoms with Crippen molar-refractivity contribution in [3.63, 3.8) is 0 Å². The van der Waals surface area contributed by atoms with E-state index in [0.29, 0.717) is 18.7 Å². The minimum Gasteiger partial charge on any atom is -0.490 e. The van der Waals surface area contributed by atoms with E-state index in [0.717, 1.165) is 10.9 Å². The van der Waals surface area contributed by atoms with Crippen LogP contribution in [-0.4, -0.2) is 44.9 Å². The Kier molecular flexibility index (Phi) is 9.24. The molecule has 1 aromatic carbocycles. The Morgan fingerprint density at radius 2 is 1.82 bits per heavy atom. The Morgan fingerprint density at radius 3 is 2.39 bits per heavy atom. The van der Waals surface area contributed by atoms with Crippen LogP contribution in [0, 0.1) is 11.6 Å². The Bertz CT molecular complexity index is 952. The molecule has 4 nitrogen and oxygen atoms in total. The number of carbonyl (C=O) groups excluding carboxylic acids is 1. The third-order valence-corrected chi connectivity index (χ3v) is 11.8. The number of amides is 1. The van der Waals surface area contributed by atoms with Crippen LogP contribution in [0.25, 0.3) is 0 Å². The summed E-state index contributed by atoms with van der Waals surface area (Å²) in [5.41, 5.74) is 0.792. The Labute approximate surface area is 202 Å². The van der Waals surface area contributed by atoms with Gasteiger partial charge in [0.25, 0.3) is 5.91 Å². The molecule has 0 spiro atoms. The molecule has 0 fully saturated rings. The fraction of sp³-hybridized carbons (Fsp3) is 0.560. The van der Waals surface area contributed by atoms with Gasteiger partial charge in [0.05, 0.1) is 11.7 Å². The average molecular weight is 498 g/mol. The van der Waals surface area contributed by atoms with Gasteiger partial charge < -0.3 is 14.1 Å². The molecule has 8 heteroatoms. The van der Waals surface area contributed by atoms with Crippen molar-refractivity contribution >= 4 is 25.6 Å². The maximum atomic E-state index is 14.8. The van der Waals surface area contributed by atoms with Gasteiger partial charge in [0.15, 0.2) is 8.32 Å². The highest BCUT2D eigenvalue weighted by Crippen LogP contribution is 2.37. The van der Waals surface area contributed by atoms with Crippen LogP contribution in [0.2, 0.25) is 18.1 Å². The number of ether oxygens (including phenoxy) is 1. The SMILES string of the molecule is CCN(CC)C(=O)c1ccsc1Cc1c(F)cc(F)cc1OC[C@@H](C)O[Si](C)(C)C(C)(C)C. The first-order valence-electron chi connectivity index (χ1n) is 11.4. The average Bonchev–Trinajstić information content (AvgIpc) is 3.16. The summed E-state index contributed by atoms with van der Waals surface area (Å²) in [5.74, 6) is -1.32. The third kappa shape index (κ3) is 6.87. The van der Waals surface area contributed by atoms with Gasteiger partial charge in [-0.25, -0.2) is 8.78 Å². The molecule has 0 saturated carbocycles. The molecule has 1 aromatic heterocycles. The van der Waals surface area contributed by atoms with Crippen LogP contribution in [0.15, 0.2) is 23.6 Å². The molecule has 0 aliphatic carbocycles. The van der Waals surface area contributed by atoms with Crippen LogP contribution in [-0.2, 0) is 10.8 Å². The van der Waals surface area contributed by atoms with Crippen molar-refractivity contribution in [1.29, 1.82) is 0 Å². The number of rotatable bonds is 10. The maximum Gasteiger partial charge on any atom is 0.254 e. The molecule has 2 aromatic rings. The van der Waals surface area contributed by atoms with Crippen molar-refractivity contribution in [2.75, 3.05) is 19.7 Å². The number of benzene rings is 1. The lowest BCUT2D eigenvalue weighted by Gasteiger charge is -2.38. The van der Waals surface area contributed by atoms with Gasteiger partial charge in [0.2, 0.25) is 0 Å². The second-order valence-electron chi connectivity index (χ2n) is 9.78. The summed E-state index contributed by atoms with van der Waals surface area (Å²) in [6, 6.07) is 3.83. The monoisotopic (exact) mass is 497 g/mol. The molecule has 1 amide bonds. The second-order valence-corrected chi connectivity index (χ2v) is 15.5. The lowest BCUT2D eigenvalue weighted by atomic mass is 10.1. The van der Waals surface area contributed by atoms with Crippen LogP contribution in [0.3, 0.4) is 0 Å². The van der Waals surface area contributed by atoms with Crippen LogP contribution < -0.4 is 4.74 Å². The van der Waals surface area contributed by atoms with Crippen molar-refractivity contribution < 1.29 is 22.7 Å². The van der Waals surface area contributed by atoms with E-state index in [9.17, 15) is 13.6 Å². The van der Waals surface area contributed by atoms with E-state index in [1.165, 1.54) is 17.4 Å². The molecule has 0 unspecified atom stereocenters. The molecular formula is C25H37F2NO3SSi. The molecule has 1 heterocycles. The Balaban J connectivity index is 2.25. The van der Waals surface area contributed by atoms with E-state index in [2.05, 4.69) is 33.9 Å². The first-order chi connectivity index (χ1) is 15.3. The molecule has 0 aliphatic rings. The zero-order valence-electron chi connectivity index (χ0n) is 21.1. The molecule has 0 saturated heterocycles. The summed E-state index contributed by atoms with van der Waals surface area (Å²) in [6.07, 6.45) is -0.0783. The number of carbonyl (C=O) groups is 1. The third-order valence-electron chi connectivity index (χ3n) is 6.26. The van der Waals surface area contributed by atoms with Gasteiger partial charge in [-0.1, -0.05) is 20.8 Å². The second kappa shape index (κ2) is 11.1. The number of thiophene rings is 1. The van der Waals surface area contributed by atoms with Gasteiger partial charge >= 0.3 is 0 Å². The first-order valence-corrected chi connectivity index (χ1v) is 15.2. The molecule has 0 N–H and O–H groups in total. The highest BCUT2D eigenvalue weighted by molar-refractivity contribution is 7.10. The highest BCUT2D eigenvalue weighted by Gasteiger charge is 2.38. The topological polar surface area (TPSA) is 38.8 Å². The van der Waals surface area contributed by atoms with Crippen LogP contribution in [0.5, 0.6) is 5.75 Å². The highest BCUT2D eigenvalue weighted by atomic mass is 32.1. The lowest BCUT2D eigenvalue weighted by molar-refractivity contribution is 0.0772. The summed E-state index contributed by atoms with van der Waals surface area (Å²) in [6.45, 7) is 17.9. The van der Waals surface area contributed by atoms with Crippen molar-refractivity contribution in [1.82, 2.24) is 4.90 Å². The van der Waals surface area contributed by atoms with Crippen molar-refractivity contribution in [2.45, 2.75) is 72.2 Å². The number of hydrogen-bond acceptors (Lipinski definition) is 4. The number of halogens is 2. The quantitative estimate of drug-likeness (QED) is 0.336. The van der Waals surface area contributed by atoms with Crippen molar-refractivity contribution in [3.8, 4) is 5.75 Å². The zero-order valence-corrected chi connectivity index (χ0v) is 22.9. The van der Waals surface area contributed by atoms with Gasteiger partial charge in [0, 0.05) is 42.1 Å². The van der Waals surface area contributed by atoms with Crippen molar-refractivity contribution in [2.24, 2.45) is 0 Å². The van der Waals surface area contributed by atoms with E-state index in [-0.39, 0.29) is 41.4 Å². The fourth-order valence-corrected chi connectivity index (χ4v) is 5.62. The summed E-state index contributed by atoms with van der Waals surface area (Å²) in [7, 11) is -2.00. The minimum atomic E-state index is -2.00. The smallest absolute Gasteiger partial charge is 0.254 e. The molecule has 0 aliphatic heterocycles. The molecular weight excluding hydrogens is 460 g/mol. The number of hydrogen-bond donors (Lipinski definition) is 0. The molecule has 0 radical (unpaired) electrons. The van der Waals surface area contributed by atoms with Crippen LogP contribution in [0.1, 0.15) is 62.3 Å². The molecule has 1 atom stereocenters. The lowest BCUT2D eigenvalue weighted by Crippen LogP contribution is -2.44. The molecule has 33 heavy (non-hydrogen) atoms. The molecule has 2 rings (SSSR count). The van der Waals surface area contributed by atoms with E-state index >= 15 is 0 Å². The van der Waals surface area contributed by atoms with Gasteiger partial charge in [-0.2, -0.15) is 0 Å². The largest absolute Gasteiger partial charge is 0.490 e. The minimum absolute atomic E-state index is 0.0460. The molecule has 0 bridgehead atoms. The summed E-state index contributed by atoms with van der Waals surface area (Å²) >= 11 is 1.39. The van der Waals surface area contributed by atoms with E-state index in [4.69, 9.17) is 9.16 Å². The zero-order chi connectivity index (χ0) is 25.0. The van der Waals surface area contributed by atoms with Crippen LogP contribution in [0.4, 0.5) is 8.78 Å². The number of nitrogens with zero attached hydrogens (tertiary/aromatic N) is 1. The van der Waals surface area contributed by atoms with Gasteiger partial charge in [0.1, 0.15) is 24.0 Å². The van der Waals surface area contributed by atoms with E-state index < -0.39 is 20.0 Å². The first kappa shape index (κ1) is 27.5. The standard InChI is InChI=1S/C25H37F2NO3SSi/c1-9-28(10-2)24(29)19-11-12-32-23(19)15-20-21(27)13-18(26)14-22(20)30-16-17(3)31-33(7,8)25(4,5)6/h11-14,17H,9-10,15-16H2,1-8H3/t17-/m1/s1. The summed E-state index contributed by atoms with van der Waals surface area (Å²) < 4.78 is 41.1. The van der Waals surface area contributed by atoms with E-state index in [1.807, 2.05) is 26.2 Å². The van der Waals surface area contributed by atoms with Gasteiger partial charge in [-0.15, -0.1) is 11.3 Å². The predicted octanol–water partition coefficient (Wildman–Crippen LogP) is 6.89. The van der Waals surface area contributed by atoms with Crippen molar-refractivity contribution in [3.05, 3.63) is 51.2 Å². The predicted molar refractivity (Wildman–Crippen MR) is 134 cm³/mol. The fourth-order valence-electron chi connectivity index (χ4n) is 3.31. The maximum absolute atomic E-state index is 14.8. The van der Waals surface area contributed by atoms with E-state index in [1.54, 1.807) is 11.0 Å². The Morgan fingerprint density at radius 1 is 1.18 bits per heavy atom.